The molecule has 2 rings (SSSR count). The molecule has 0 radical (unpaired) electrons. The van der Waals surface area contributed by atoms with Crippen LogP contribution in [0.25, 0.3) is 0 Å². The standard InChI is InChI=1S/C12H20O2/c1-8(2)11-9(3)10-5-6-12(11,14-10)7-13-4/h9-11H,1,5-7H2,2-4H3/t9-,10?,11-,12?/m0/s1. The van der Waals surface area contributed by atoms with E-state index in [4.69, 9.17) is 9.47 Å². The van der Waals surface area contributed by atoms with Gasteiger partial charge in [0.05, 0.1) is 18.3 Å². The molecule has 0 spiro atoms. The van der Waals surface area contributed by atoms with Crippen molar-refractivity contribution in [1.29, 1.82) is 0 Å². The van der Waals surface area contributed by atoms with Crippen molar-refractivity contribution in [2.75, 3.05) is 13.7 Å². The number of hydrogen-bond donors (Lipinski definition) is 0. The van der Waals surface area contributed by atoms with E-state index in [-0.39, 0.29) is 5.60 Å². The number of fused-ring (bicyclic) bond motifs is 2. The van der Waals surface area contributed by atoms with Crippen LogP contribution in [0.2, 0.25) is 0 Å². The molecule has 2 fully saturated rings. The van der Waals surface area contributed by atoms with E-state index >= 15 is 0 Å². The number of methoxy groups -OCH3 is 1. The van der Waals surface area contributed by atoms with Crippen LogP contribution in [0, 0.1) is 11.8 Å². The van der Waals surface area contributed by atoms with Gasteiger partial charge in [-0.25, -0.2) is 0 Å². The lowest BCUT2D eigenvalue weighted by molar-refractivity contribution is -0.0549. The zero-order chi connectivity index (χ0) is 10.3. The van der Waals surface area contributed by atoms with Gasteiger partial charge >= 0.3 is 0 Å². The van der Waals surface area contributed by atoms with Gasteiger partial charge < -0.3 is 9.47 Å². The predicted molar refractivity (Wildman–Crippen MR) is 56.2 cm³/mol. The number of rotatable bonds is 3. The van der Waals surface area contributed by atoms with Gasteiger partial charge in [-0.1, -0.05) is 19.1 Å². The van der Waals surface area contributed by atoms with Crippen molar-refractivity contribution in [3.63, 3.8) is 0 Å². The molecule has 0 aromatic rings. The molecule has 0 amide bonds. The third-order valence-corrected chi connectivity index (χ3v) is 3.84. The fourth-order valence-electron chi connectivity index (χ4n) is 3.44. The van der Waals surface area contributed by atoms with Crippen molar-refractivity contribution >= 4 is 0 Å². The Kier molecular flexibility index (Phi) is 2.44. The Bertz CT molecular complexity index is 249. The Labute approximate surface area is 86.3 Å². The smallest absolute Gasteiger partial charge is 0.0987 e. The van der Waals surface area contributed by atoms with Crippen LogP contribution in [-0.2, 0) is 9.47 Å². The van der Waals surface area contributed by atoms with Crippen molar-refractivity contribution in [3.8, 4) is 0 Å². The maximum Gasteiger partial charge on any atom is 0.0987 e. The topological polar surface area (TPSA) is 18.5 Å². The molecule has 2 saturated heterocycles. The summed E-state index contributed by atoms with van der Waals surface area (Å²) in [7, 11) is 1.75. The quantitative estimate of drug-likeness (QED) is 0.645. The normalized spacial score (nSPS) is 45.8. The minimum atomic E-state index is -0.0509. The molecule has 2 heterocycles. The Morgan fingerprint density at radius 3 is 2.93 bits per heavy atom. The molecule has 2 aliphatic rings. The first-order valence-electron chi connectivity index (χ1n) is 5.43. The second kappa shape index (κ2) is 3.35. The molecule has 0 saturated carbocycles. The van der Waals surface area contributed by atoms with Gasteiger partial charge in [-0.3, -0.25) is 0 Å². The molecular formula is C12H20O2. The van der Waals surface area contributed by atoms with Crippen LogP contribution in [0.4, 0.5) is 0 Å². The summed E-state index contributed by atoms with van der Waals surface area (Å²) in [5.74, 6) is 1.09. The summed E-state index contributed by atoms with van der Waals surface area (Å²) in [5, 5.41) is 0. The van der Waals surface area contributed by atoms with E-state index in [1.807, 2.05) is 0 Å². The Balaban J connectivity index is 2.25. The monoisotopic (exact) mass is 196 g/mol. The average molecular weight is 196 g/mol. The average Bonchev–Trinajstić information content (AvgIpc) is 2.59. The van der Waals surface area contributed by atoms with E-state index in [0.717, 1.165) is 6.42 Å². The highest BCUT2D eigenvalue weighted by molar-refractivity contribution is 5.16. The highest BCUT2D eigenvalue weighted by Gasteiger charge is 2.57. The first kappa shape index (κ1) is 10.2. The van der Waals surface area contributed by atoms with Crippen molar-refractivity contribution in [2.45, 2.75) is 38.4 Å². The molecule has 14 heavy (non-hydrogen) atoms. The summed E-state index contributed by atoms with van der Waals surface area (Å²) in [4.78, 5) is 0. The molecule has 2 heteroatoms. The van der Waals surface area contributed by atoms with Gasteiger partial charge in [0.25, 0.3) is 0 Å². The van der Waals surface area contributed by atoms with Gasteiger partial charge in [-0.05, 0) is 25.7 Å². The highest BCUT2D eigenvalue weighted by Crippen LogP contribution is 2.53. The van der Waals surface area contributed by atoms with Crippen LogP contribution in [-0.4, -0.2) is 25.4 Å². The fourth-order valence-corrected chi connectivity index (χ4v) is 3.44. The molecule has 0 aliphatic carbocycles. The van der Waals surface area contributed by atoms with Crippen LogP contribution in [0.1, 0.15) is 26.7 Å². The summed E-state index contributed by atoms with van der Waals surface area (Å²) in [5.41, 5.74) is 1.20. The zero-order valence-corrected chi connectivity index (χ0v) is 9.38. The minimum absolute atomic E-state index is 0.0509. The van der Waals surface area contributed by atoms with Crippen LogP contribution >= 0.6 is 0 Å². The van der Waals surface area contributed by atoms with E-state index in [2.05, 4.69) is 20.4 Å². The van der Waals surface area contributed by atoms with E-state index in [9.17, 15) is 0 Å². The molecule has 2 bridgehead atoms. The Hall–Kier alpha value is -0.340. The van der Waals surface area contributed by atoms with Gasteiger partial charge in [0.15, 0.2) is 0 Å². The van der Waals surface area contributed by atoms with Gasteiger partial charge in [-0.2, -0.15) is 0 Å². The van der Waals surface area contributed by atoms with Crippen LogP contribution in [0.3, 0.4) is 0 Å². The first-order valence-corrected chi connectivity index (χ1v) is 5.43. The van der Waals surface area contributed by atoms with Crippen molar-refractivity contribution in [3.05, 3.63) is 12.2 Å². The van der Waals surface area contributed by atoms with Crippen molar-refractivity contribution in [1.82, 2.24) is 0 Å². The van der Waals surface area contributed by atoms with Gasteiger partial charge in [0, 0.05) is 13.0 Å². The molecule has 2 aliphatic heterocycles. The second-order valence-electron chi connectivity index (χ2n) is 4.88. The van der Waals surface area contributed by atoms with Crippen molar-refractivity contribution < 1.29 is 9.47 Å². The zero-order valence-electron chi connectivity index (χ0n) is 9.38. The summed E-state index contributed by atoms with van der Waals surface area (Å²) in [6.45, 7) is 9.20. The molecule has 0 N–H and O–H groups in total. The van der Waals surface area contributed by atoms with Crippen LogP contribution in [0.15, 0.2) is 12.2 Å². The molecular weight excluding hydrogens is 176 g/mol. The summed E-state index contributed by atoms with van der Waals surface area (Å²) < 4.78 is 11.4. The third kappa shape index (κ3) is 1.24. The SMILES string of the molecule is C=C(C)[C@H]1[C@@H](C)C2CCC1(COC)O2. The van der Waals surface area contributed by atoms with Crippen LogP contribution < -0.4 is 0 Å². The highest BCUT2D eigenvalue weighted by atomic mass is 16.6. The largest absolute Gasteiger partial charge is 0.382 e. The van der Waals surface area contributed by atoms with Gasteiger partial charge in [0.2, 0.25) is 0 Å². The summed E-state index contributed by atoms with van der Waals surface area (Å²) >= 11 is 0. The van der Waals surface area contributed by atoms with E-state index in [1.165, 1.54) is 12.0 Å². The number of hydrogen-bond acceptors (Lipinski definition) is 2. The predicted octanol–water partition coefficient (Wildman–Crippen LogP) is 2.39. The van der Waals surface area contributed by atoms with Gasteiger partial charge in [-0.15, -0.1) is 0 Å². The minimum Gasteiger partial charge on any atom is -0.382 e. The van der Waals surface area contributed by atoms with Crippen LogP contribution in [0.5, 0.6) is 0 Å². The maximum atomic E-state index is 6.10. The third-order valence-electron chi connectivity index (χ3n) is 3.84. The number of ether oxygens (including phenoxy) is 2. The lowest BCUT2D eigenvalue weighted by Crippen LogP contribution is -2.41. The summed E-state index contributed by atoms with van der Waals surface area (Å²) in [6.07, 6.45) is 2.76. The second-order valence-corrected chi connectivity index (χ2v) is 4.88. The maximum absolute atomic E-state index is 6.10. The fraction of sp³-hybridized carbons (Fsp3) is 0.833. The van der Waals surface area contributed by atoms with E-state index in [0.29, 0.717) is 24.5 Å². The first-order chi connectivity index (χ1) is 6.60. The molecule has 2 unspecified atom stereocenters. The Morgan fingerprint density at radius 1 is 1.64 bits per heavy atom. The van der Waals surface area contributed by atoms with Crippen molar-refractivity contribution in [2.24, 2.45) is 11.8 Å². The Morgan fingerprint density at radius 2 is 2.36 bits per heavy atom. The molecule has 4 atom stereocenters. The molecule has 0 aromatic heterocycles. The molecule has 2 nitrogen and oxygen atoms in total. The lowest BCUT2D eigenvalue weighted by atomic mass is 9.70. The lowest BCUT2D eigenvalue weighted by Gasteiger charge is -2.35. The van der Waals surface area contributed by atoms with Gasteiger partial charge in [0.1, 0.15) is 0 Å². The molecule has 80 valence electrons. The summed E-state index contributed by atoms with van der Waals surface area (Å²) in [6, 6.07) is 0. The van der Waals surface area contributed by atoms with E-state index in [1.54, 1.807) is 7.11 Å². The molecule has 0 aromatic carbocycles. The van der Waals surface area contributed by atoms with E-state index < -0.39 is 0 Å².